The molecule has 0 saturated carbocycles. The van der Waals surface area contributed by atoms with Gasteiger partial charge in [0.15, 0.2) is 0 Å². The maximum atomic E-state index is 10.9. The Kier molecular flexibility index (Phi) is 3.43. The van der Waals surface area contributed by atoms with E-state index >= 15 is 0 Å². The molecule has 58 valence electrons. The molecule has 2 radical (unpaired) electrons. The van der Waals surface area contributed by atoms with Crippen molar-refractivity contribution < 1.29 is 9.19 Å². The van der Waals surface area contributed by atoms with E-state index in [4.69, 9.17) is 0 Å². The Morgan fingerprint density at radius 1 is 1.50 bits per heavy atom. The molecule has 1 amide bonds. The van der Waals surface area contributed by atoms with Gasteiger partial charge in [-0.3, -0.25) is 0 Å². The van der Waals surface area contributed by atoms with Gasteiger partial charge in [-0.15, -0.1) is 0 Å². The first-order valence-electron chi connectivity index (χ1n) is 3.40. The van der Waals surface area contributed by atoms with Crippen molar-refractivity contribution in [2.75, 3.05) is 27.7 Å². The molecular weight excluding hydrogens is 127 g/mol. The highest BCUT2D eigenvalue weighted by Crippen LogP contribution is 1.85. The topological polar surface area (TPSA) is 29.1 Å². The predicted molar refractivity (Wildman–Crippen MR) is 42.9 cm³/mol. The summed E-state index contributed by atoms with van der Waals surface area (Å²) in [4.78, 5) is 10.9. The number of rotatable bonds is 3. The van der Waals surface area contributed by atoms with Gasteiger partial charge in [0.1, 0.15) is 7.41 Å². The minimum Gasteiger partial charge on any atom is -0.560 e. The molecule has 0 saturated heterocycles. The zero-order chi connectivity index (χ0) is 8.20. The number of carbonyl (C=O) groups is 1. The van der Waals surface area contributed by atoms with Crippen LogP contribution in [0.4, 0.5) is 4.79 Å². The summed E-state index contributed by atoms with van der Waals surface area (Å²) in [6.45, 7) is 2.59. The predicted octanol–water partition coefficient (Wildman–Crippen LogP) is 0.0413. The van der Waals surface area contributed by atoms with E-state index in [1.165, 1.54) is 0 Å². The quantitative estimate of drug-likeness (QED) is 0.554. The van der Waals surface area contributed by atoms with Gasteiger partial charge in [0.2, 0.25) is 0 Å². The lowest BCUT2D eigenvalue weighted by Gasteiger charge is -2.37. The normalized spacial score (nSPS) is 11.2. The van der Waals surface area contributed by atoms with Crippen LogP contribution in [0.2, 0.25) is 0 Å². The highest BCUT2D eigenvalue weighted by Gasteiger charge is 1.99. The van der Waals surface area contributed by atoms with Gasteiger partial charge < -0.3 is 14.5 Å². The fourth-order valence-electron chi connectivity index (χ4n) is 0.572. The Morgan fingerprint density at radius 2 is 2.00 bits per heavy atom. The van der Waals surface area contributed by atoms with E-state index in [0.29, 0.717) is 10.9 Å². The van der Waals surface area contributed by atoms with Crippen molar-refractivity contribution in [3.05, 3.63) is 0 Å². The SMILES string of the molecule is CCNC(=O)[B-][N+](C)(C)C. The van der Waals surface area contributed by atoms with Gasteiger partial charge in [-0.1, -0.05) is 0 Å². The second kappa shape index (κ2) is 3.61. The standard InChI is InChI=1S/C6H14BN2O/c1-5-8-6(10)7-9(2,3)4/h5H2,1-4H3/q-1/p+1. The largest absolute Gasteiger partial charge is 0.560 e. The fourth-order valence-corrected chi connectivity index (χ4v) is 0.572. The number of hydrogen-bond donors (Lipinski definition) is 1. The molecule has 0 fully saturated rings. The van der Waals surface area contributed by atoms with Crippen molar-refractivity contribution in [2.45, 2.75) is 6.92 Å². The van der Waals surface area contributed by atoms with E-state index < -0.39 is 0 Å². The molecule has 0 aromatic rings. The Balaban J connectivity index is 3.58. The highest BCUT2D eigenvalue weighted by atomic mass is 16.1. The summed E-state index contributed by atoms with van der Waals surface area (Å²) in [6.07, 6.45) is 0. The lowest BCUT2D eigenvalue weighted by Crippen LogP contribution is -2.46. The average molecular weight is 142 g/mol. The Labute approximate surface area is 63.3 Å². The van der Waals surface area contributed by atoms with Gasteiger partial charge in [0.25, 0.3) is 0 Å². The van der Waals surface area contributed by atoms with Gasteiger partial charge in [-0.25, -0.2) is 0 Å². The molecule has 0 aliphatic carbocycles. The lowest BCUT2D eigenvalue weighted by molar-refractivity contribution is -0.753. The molecule has 0 heterocycles. The van der Waals surface area contributed by atoms with Crippen molar-refractivity contribution in [1.82, 2.24) is 5.32 Å². The molecule has 0 atom stereocenters. The number of amides is 1. The number of hydrogen-bond acceptors (Lipinski definition) is 1. The number of carbonyl (C=O) groups excluding carboxylic acids is 1. The molecular formula is C6H15BN2O. The van der Waals surface area contributed by atoms with E-state index in [1.807, 2.05) is 28.1 Å². The second-order valence-corrected chi connectivity index (χ2v) is 3.14. The molecule has 0 aliphatic heterocycles. The number of nitrogens with zero attached hydrogens (tertiary/aromatic N) is 1. The third kappa shape index (κ3) is 5.63. The maximum absolute atomic E-state index is 10.9. The molecule has 0 rings (SSSR count). The zero-order valence-electron chi connectivity index (χ0n) is 7.14. The Hall–Kier alpha value is -0.505. The van der Waals surface area contributed by atoms with Crippen molar-refractivity contribution in [3.63, 3.8) is 0 Å². The molecule has 10 heavy (non-hydrogen) atoms. The van der Waals surface area contributed by atoms with Crippen LogP contribution in [0.5, 0.6) is 0 Å². The third-order valence-electron chi connectivity index (χ3n) is 0.856. The molecule has 0 bridgehead atoms. The Morgan fingerprint density at radius 3 is 2.30 bits per heavy atom. The van der Waals surface area contributed by atoms with Crippen LogP contribution in [0.1, 0.15) is 6.92 Å². The second-order valence-electron chi connectivity index (χ2n) is 3.14. The monoisotopic (exact) mass is 142 g/mol. The molecule has 0 aromatic carbocycles. The van der Waals surface area contributed by atoms with Crippen molar-refractivity contribution in [1.29, 1.82) is 0 Å². The van der Waals surface area contributed by atoms with Crippen molar-refractivity contribution in [2.24, 2.45) is 0 Å². The van der Waals surface area contributed by atoms with Crippen LogP contribution in [0, 0.1) is 0 Å². The minimum absolute atomic E-state index is 0.00463. The summed E-state index contributed by atoms with van der Waals surface area (Å²) in [7, 11) is 7.45. The molecule has 0 unspecified atom stereocenters. The van der Waals surface area contributed by atoms with Crippen LogP contribution in [-0.2, 0) is 0 Å². The lowest BCUT2D eigenvalue weighted by atomic mass is 9.88. The zero-order valence-corrected chi connectivity index (χ0v) is 7.14. The van der Waals surface area contributed by atoms with Crippen LogP contribution in [0.15, 0.2) is 0 Å². The average Bonchev–Trinajstić information content (AvgIpc) is 1.59. The molecule has 3 nitrogen and oxygen atoms in total. The van der Waals surface area contributed by atoms with E-state index in [1.54, 1.807) is 7.41 Å². The summed E-state index contributed by atoms with van der Waals surface area (Å²) in [6, 6.07) is 0. The van der Waals surface area contributed by atoms with Crippen LogP contribution >= 0.6 is 0 Å². The van der Waals surface area contributed by atoms with E-state index in [9.17, 15) is 4.79 Å². The first kappa shape index (κ1) is 9.49. The number of nitrogens with one attached hydrogen (secondary N) is 1. The van der Waals surface area contributed by atoms with Crippen LogP contribution in [-0.4, -0.2) is 45.3 Å². The maximum Gasteiger partial charge on any atom is 0.104 e. The summed E-state index contributed by atoms with van der Waals surface area (Å²) in [5, 5.41) is 2.69. The first-order valence-corrected chi connectivity index (χ1v) is 3.40. The van der Waals surface area contributed by atoms with Gasteiger partial charge >= 0.3 is 0 Å². The van der Waals surface area contributed by atoms with Gasteiger partial charge in [0, 0.05) is 33.5 Å². The molecule has 1 N–H and O–H groups in total. The Bertz CT molecular complexity index is 119. The smallest absolute Gasteiger partial charge is 0.104 e. The fraction of sp³-hybridized carbons (Fsp3) is 0.833. The van der Waals surface area contributed by atoms with Gasteiger partial charge in [-0.05, 0) is 6.92 Å². The van der Waals surface area contributed by atoms with Crippen molar-refractivity contribution in [3.8, 4) is 0 Å². The molecule has 0 spiro atoms. The van der Waals surface area contributed by atoms with Crippen LogP contribution in [0.3, 0.4) is 0 Å². The van der Waals surface area contributed by atoms with E-state index in [-0.39, 0.29) is 5.81 Å². The molecule has 0 aromatic heterocycles. The van der Waals surface area contributed by atoms with E-state index in [0.717, 1.165) is 0 Å². The van der Waals surface area contributed by atoms with E-state index in [2.05, 4.69) is 5.32 Å². The third-order valence-corrected chi connectivity index (χ3v) is 0.856. The molecule has 4 heteroatoms. The summed E-state index contributed by atoms with van der Waals surface area (Å²) in [5.41, 5.74) is 0. The van der Waals surface area contributed by atoms with Crippen molar-refractivity contribution >= 4 is 13.2 Å². The van der Waals surface area contributed by atoms with Crippen LogP contribution in [0.25, 0.3) is 0 Å². The minimum atomic E-state index is -0.00463. The number of quaternary nitrogens is 1. The summed E-state index contributed by atoms with van der Waals surface area (Å²) >= 11 is 0. The summed E-state index contributed by atoms with van der Waals surface area (Å²) < 4.78 is 0.561. The summed E-state index contributed by atoms with van der Waals surface area (Å²) in [5.74, 6) is -0.00463. The first-order chi connectivity index (χ1) is 4.45. The van der Waals surface area contributed by atoms with Gasteiger partial charge in [0.05, 0.1) is 0 Å². The molecule has 0 aliphatic rings. The van der Waals surface area contributed by atoms with Crippen LogP contribution < -0.4 is 5.32 Å². The highest BCUT2D eigenvalue weighted by molar-refractivity contribution is 6.67. The van der Waals surface area contributed by atoms with Gasteiger partial charge in [-0.2, -0.15) is 0 Å².